The van der Waals surface area contributed by atoms with Gasteiger partial charge in [0.25, 0.3) is 0 Å². The topological polar surface area (TPSA) is 29.3 Å². The van der Waals surface area contributed by atoms with E-state index in [2.05, 4.69) is 39.5 Å². The third-order valence-corrected chi connectivity index (χ3v) is 5.29. The van der Waals surface area contributed by atoms with Crippen LogP contribution in [0.25, 0.3) is 0 Å². The molecule has 2 N–H and O–H groups in total. The predicted molar refractivity (Wildman–Crippen MR) is 80.7 cm³/mol. The second-order valence-corrected chi connectivity index (χ2v) is 7.31. The van der Waals surface area contributed by atoms with Crippen molar-refractivity contribution in [3.8, 4) is 0 Å². The summed E-state index contributed by atoms with van der Waals surface area (Å²) in [5.41, 5.74) is 7.13. The highest BCUT2D eigenvalue weighted by molar-refractivity contribution is 4.85. The fourth-order valence-corrected chi connectivity index (χ4v) is 2.96. The van der Waals surface area contributed by atoms with Gasteiger partial charge in [-0.1, -0.05) is 47.5 Å². The molecule has 1 saturated heterocycles. The van der Waals surface area contributed by atoms with Gasteiger partial charge in [-0.15, -0.1) is 0 Å². The molecular weight excluding hydrogens is 220 g/mol. The van der Waals surface area contributed by atoms with Crippen molar-refractivity contribution in [2.75, 3.05) is 19.6 Å². The fourth-order valence-electron chi connectivity index (χ4n) is 2.96. The summed E-state index contributed by atoms with van der Waals surface area (Å²) < 4.78 is 0. The van der Waals surface area contributed by atoms with Crippen LogP contribution in [-0.2, 0) is 0 Å². The molecule has 0 aromatic heterocycles. The highest BCUT2D eigenvalue weighted by Gasteiger charge is 2.31. The maximum absolute atomic E-state index is 6.25. The Bertz CT molecular complexity index is 228. The van der Waals surface area contributed by atoms with E-state index in [-0.39, 0.29) is 5.41 Å². The lowest BCUT2D eigenvalue weighted by molar-refractivity contribution is 0.0902. The largest absolute Gasteiger partial charge is 0.327 e. The Morgan fingerprint density at radius 3 is 2.00 bits per heavy atom. The SMILES string of the molecule is CCC1(CC)CCN(CCC(N)C(C)(C)C)CC1. The normalized spacial score (nSPS) is 23.0. The molecule has 0 saturated carbocycles. The molecule has 1 aliphatic heterocycles. The Morgan fingerprint density at radius 2 is 1.61 bits per heavy atom. The Morgan fingerprint density at radius 1 is 1.11 bits per heavy atom. The van der Waals surface area contributed by atoms with Gasteiger partial charge in [0, 0.05) is 6.04 Å². The quantitative estimate of drug-likeness (QED) is 0.811. The third-order valence-electron chi connectivity index (χ3n) is 5.29. The first-order chi connectivity index (χ1) is 8.33. The minimum Gasteiger partial charge on any atom is -0.327 e. The molecule has 0 bridgehead atoms. The molecular formula is C16H34N2. The number of likely N-dealkylation sites (tertiary alicyclic amines) is 1. The van der Waals surface area contributed by atoms with Crippen LogP contribution < -0.4 is 5.73 Å². The first-order valence-corrected chi connectivity index (χ1v) is 7.81. The summed E-state index contributed by atoms with van der Waals surface area (Å²) in [5, 5.41) is 0. The summed E-state index contributed by atoms with van der Waals surface area (Å²) in [7, 11) is 0. The molecule has 2 nitrogen and oxygen atoms in total. The van der Waals surface area contributed by atoms with Crippen LogP contribution in [-0.4, -0.2) is 30.6 Å². The molecule has 1 atom stereocenters. The molecule has 2 heteroatoms. The smallest absolute Gasteiger partial charge is 0.00998 e. The van der Waals surface area contributed by atoms with Gasteiger partial charge >= 0.3 is 0 Å². The standard InChI is InChI=1S/C16H34N2/c1-6-16(7-2)9-12-18(13-10-16)11-8-14(17)15(3,4)5/h14H,6-13,17H2,1-5H3. The van der Waals surface area contributed by atoms with Crippen LogP contribution in [0.2, 0.25) is 0 Å². The lowest BCUT2D eigenvalue weighted by Crippen LogP contribution is -2.43. The van der Waals surface area contributed by atoms with Gasteiger partial charge in [-0.2, -0.15) is 0 Å². The number of nitrogens with two attached hydrogens (primary N) is 1. The van der Waals surface area contributed by atoms with Crippen molar-refractivity contribution in [1.29, 1.82) is 0 Å². The van der Waals surface area contributed by atoms with Crippen molar-refractivity contribution < 1.29 is 0 Å². The maximum Gasteiger partial charge on any atom is 0.00998 e. The van der Waals surface area contributed by atoms with Gasteiger partial charge in [0.15, 0.2) is 0 Å². The van der Waals surface area contributed by atoms with Crippen LogP contribution in [0.4, 0.5) is 0 Å². The molecule has 108 valence electrons. The van der Waals surface area contributed by atoms with E-state index in [9.17, 15) is 0 Å². The van der Waals surface area contributed by atoms with Crippen LogP contribution in [0.1, 0.15) is 66.7 Å². The van der Waals surface area contributed by atoms with E-state index in [1.807, 2.05) is 0 Å². The number of piperidine rings is 1. The zero-order chi connectivity index (χ0) is 13.8. The van der Waals surface area contributed by atoms with Crippen molar-refractivity contribution in [3.63, 3.8) is 0 Å². The van der Waals surface area contributed by atoms with Crippen LogP contribution in [0.5, 0.6) is 0 Å². The Labute approximate surface area is 114 Å². The van der Waals surface area contributed by atoms with E-state index in [0.717, 1.165) is 6.42 Å². The highest BCUT2D eigenvalue weighted by atomic mass is 15.1. The Hall–Kier alpha value is -0.0800. The van der Waals surface area contributed by atoms with Gasteiger partial charge in [-0.3, -0.25) is 0 Å². The zero-order valence-corrected chi connectivity index (χ0v) is 13.3. The molecule has 0 aromatic rings. The molecule has 0 aromatic carbocycles. The number of nitrogens with zero attached hydrogens (tertiary/aromatic N) is 1. The van der Waals surface area contributed by atoms with Gasteiger partial charge in [0.05, 0.1) is 0 Å². The lowest BCUT2D eigenvalue weighted by Gasteiger charge is -2.41. The maximum atomic E-state index is 6.25. The van der Waals surface area contributed by atoms with Gasteiger partial charge in [0.2, 0.25) is 0 Å². The van der Waals surface area contributed by atoms with Crippen molar-refractivity contribution in [2.45, 2.75) is 72.8 Å². The second kappa shape index (κ2) is 6.38. The lowest BCUT2D eigenvalue weighted by atomic mass is 9.74. The van der Waals surface area contributed by atoms with E-state index in [4.69, 9.17) is 5.73 Å². The van der Waals surface area contributed by atoms with Crippen molar-refractivity contribution >= 4 is 0 Å². The minimum absolute atomic E-state index is 0.242. The number of hydrogen-bond donors (Lipinski definition) is 1. The summed E-state index contributed by atoms with van der Waals surface area (Å²) >= 11 is 0. The van der Waals surface area contributed by atoms with Crippen molar-refractivity contribution in [2.24, 2.45) is 16.6 Å². The zero-order valence-electron chi connectivity index (χ0n) is 13.3. The highest BCUT2D eigenvalue weighted by Crippen LogP contribution is 2.37. The predicted octanol–water partition coefficient (Wildman–Crippen LogP) is 3.65. The summed E-state index contributed by atoms with van der Waals surface area (Å²) in [4.78, 5) is 2.62. The van der Waals surface area contributed by atoms with E-state index >= 15 is 0 Å². The van der Waals surface area contributed by atoms with Gasteiger partial charge in [0.1, 0.15) is 0 Å². The van der Waals surface area contributed by atoms with E-state index in [1.54, 1.807) is 0 Å². The Balaban J connectivity index is 2.32. The molecule has 1 aliphatic rings. The molecule has 1 fully saturated rings. The molecule has 0 aliphatic carbocycles. The van der Waals surface area contributed by atoms with Gasteiger partial charge in [-0.25, -0.2) is 0 Å². The number of hydrogen-bond acceptors (Lipinski definition) is 2. The van der Waals surface area contributed by atoms with E-state index in [1.165, 1.54) is 45.3 Å². The van der Waals surface area contributed by atoms with Crippen LogP contribution in [0.15, 0.2) is 0 Å². The summed E-state index contributed by atoms with van der Waals surface area (Å²) in [6.07, 6.45) is 6.59. The second-order valence-electron chi connectivity index (χ2n) is 7.31. The van der Waals surface area contributed by atoms with Gasteiger partial charge in [-0.05, 0) is 49.7 Å². The summed E-state index contributed by atoms with van der Waals surface area (Å²) in [6, 6.07) is 0.321. The monoisotopic (exact) mass is 254 g/mol. The average Bonchev–Trinajstić information content (AvgIpc) is 2.35. The minimum atomic E-state index is 0.242. The molecule has 1 heterocycles. The average molecular weight is 254 g/mol. The van der Waals surface area contributed by atoms with Gasteiger partial charge < -0.3 is 10.6 Å². The summed E-state index contributed by atoms with van der Waals surface area (Å²) in [6.45, 7) is 15.2. The van der Waals surface area contributed by atoms with Crippen LogP contribution in [0, 0.1) is 10.8 Å². The number of rotatable bonds is 5. The molecule has 1 unspecified atom stereocenters. The Kier molecular flexibility index (Phi) is 5.67. The van der Waals surface area contributed by atoms with Crippen LogP contribution >= 0.6 is 0 Å². The van der Waals surface area contributed by atoms with Crippen LogP contribution in [0.3, 0.4) is 0 Å². The first kappa shape index (κ1) is 16.0. The first-order valence-electron chi connectivity index (χ1n) is 7.81. The third kappa shape index (κ3) is 4.24. The molecule has 0 spiro atoms. The van der Waals surface area contributed by atoms with E-state index < -0.39 is 0 Å². The van der Waals surface area contributed by atoms with E-state index in [0.29, 0.717) is 11.5 Å². The fraction of sp³-hybridized carbons (Fsp3) is 1.00. The van der Waals surface area contributed by atoms with Crippen molar-refractivity contribution in [3.05, 3.63) is 0 Å². The summed E-state index contributed by atoms with van der Waals surface area (Å²) in [5.74, 6) is 0. The molecule has 0 amide bonds. The molecule has 0 radical (unpaired) electrons. The van der Waals surface area contributed by atoms with Crippen molar-refractivity contribution in [1.82, 2.24) is 4.90 Å². The molecule has 1 rings (SSSR count). The molecule has 18 heavy (non-hydrogen) atoms.